The summed E-state index contributed by atoms with van der Waals surface area (Å²) < 4.78 is 19.5. The van der Waals surface area contributed by atoms with Crippen LogP contribution in [0.5, 0.6) is 0 Å². The second kappa shape index (κ2) is 6.81. The summed E-state index contributed by atoms with van der Waals surface area (Å²) in [5.41, 5.74) is 1.46. The van der Waals surface area contributed by atoms with E-state index < -0.39 is 0 Å². The predicted molar refractivity (Wildman–Crippen MR) is 91.9 cm³/mol. The molecule has 24 heavy (non-hydrogen) atoms. The average molecular weight is 351 g/mol. The quantitative estimate of drug-likeness (QED) is 0.656. The third-order valence-corrected chi connectivity index (χ3v) is 4.52. The SMILES string of the molecule is CN=C(NCc1nc(C)c(C)o1)NC1CC1c1c(F)cccc1Cl. The maximum absolute atomic E-state index is 14.0. The molecule has 1 aromatic heterocycles. The van der Waals surface area contributed by atoms with E-state index >= 15 is 0 Å². The van der Waals surface area contributed by atoms with Crippen molar-refractivity contribution in [2.75, 3.05) is 7.05 Å². The molecule has 2 N–H and O–H groups in total. The second-order valence-corrected chi connectivity index (χ2v) is 6.31. The second-order valence-electron chi connectivity index (χ2n) is 5.90. The predicted octanol–water partition coefficient (Wildman–Crippen LogP) is 3.31. The smallest absolute Gasteiger partial charge is 0.214 e. The summed E-state index contributed by atoms with van der Waals surface area (Å²) in [6, 6.07) is 4.89. The largest absolute Gasteiger partial charge is 0.444 e. The first kappa shape index (κ1) is 16.8. The molecule has 1 fully saturated rings. The summed E-state index contributed by atoms with van der Waals surface area (Å²) in [5, 5.41) is 6.90. The van der Waals surface area contributed by atoms with Crippen molar-refractivity contribution in [1.29, 1.82) is 0 Å². The molecular weight excluding hydrogens is 331 g/mol. The van der Waals surface area contributed by atoms with E-state index in [-0.39, 0.29) is 17.8 Å². The van der Waals surface area contributed by atoms with Gasteiger partial charge in [-0.2, -0.15) is 0 Å². The van der Waals surface area contributed by atoms with Gasteiger partial charge in [-0.15, -0.1) is 0 Å². The van der Waals surface area contributed by atoms with Crippen LogP contribution in [0.25, 0.3) is 0 Å². The van der Waals surface area contributed by atoms with Crippen molar-refractivity contribution in [2.24, 2.45) is 4.99 Å². The van der Waals surface area contributed by atoms with Crippen molar-refractivity contribution in [1.82, 2.24) is 15.6 Å². The Balaban J connectivity index is 1.57. The summed E-state index contributed by atoms with van der Waals surface area (Å²) in [4.78, 5) is 8.50. The molecule has 1 saturated carbocycles. The number of nitrogens with zero attached hydrogens (tertiary/aromatic N) is 2. The van der Waals surface area contributed by atoms with E-state index in [1.165, 1.54) is 6.07 Å². The first-order valence-corrected chi connectivity index (χ1v) is 8.21. The van der Waals surface area contributed by atoms with Crippen LogP contribution in [-0.4, -0.2) is 24.0 Å². The fourth-order valence-corrected chi connectivity index (χ4v) is 2.99. The van der Waals surface area contributed by atoms with Gasteiger partial charge in [0.05, 0.1) is 12.2 Å². The summed E-state index contributed by atoms with van der Waals surface area (Å²) in [6.45, 7) is 4.22. The number of hydrogen-bond donors (Lipinski definition) is 2. The number of oxazole rings is 1. The van der Waals surface area contributed by atoms with Crippen LogP contribution in [0.2, 0.25) is 5.02 Å². The summed E-state index contributed by atoms with van der Waals surface area (Å²) in [5.74, 6) is 1.85. The number of rotatable bonds is 4. The molecule has 2 atom stereocenters. The van der Waals surface area contributed by atoms with Gasteiger partial charge in [0.15, 0.2) is 5.96 Å². The zero-order chi connectivity index (χ0) is 17.3. The van der Waals surface area contributed by atoms with Crippen molar-refractivity contribution < 1.29 is 8.81 Å². The van der Waals surface area contributed by atoms with Crippen LogP contribution in [0.3, 0.4) is 0 Å². The first-order valence-electron chi connectivity index (χ1n) is 7.83. The number of aryl methyl sites for hydroxylation is 2. The van der Waals surface area contributed by atoms with Crippen molar-refractivity contribution in [3.8, 4) is 0 Å². The van der Waals surface area contributed by atoms with Crippen LogP contribution in [0, 0.1) is 19.7 Å². The molecule has 0 bridgehead atoms. The zero-order valence-corrected chi connectivity index (χ0v) is 14.6. The molecule has 1 aliphatic carbocycles. The highest BCUT2D eigenvalue weighted by Crippen LogP contribution is 2.44. The van der Waals surface area contributed by atoms with Crippen molar-refractivity contribution in [2.45, 2.75) is 38.8 Å². The van der Waals surface area contributed by atoms with Crippen molar-refractivity contribution in [3.63, 3.8) is 0 Å². The fourth-order valence-electron chi connectivity index (χ4n) is 2.68. The zero-order valence-electron chi connectivity index (χ0n) is 13.9. The lowest BCUT2D eigenvalue weighted by Gasteiger charge is -2.11. The van der Waals surface area contributed by atoms with Crippen LogP contribution in [0.15, 0.2) is 27.6 Å². The molecule has 0 amide bonds. The van der Waals surface area contributed by atoms with Gasteiger partial charge in [0.2, 0.25) is 5.89 Å². The Morgan fingerprint density at radius 3 is 2.88 bits per heavy atom. The fraction of sp³-hybridized carbons (Fsp3) is 0.412. The Morgan fingerprint density at radius 2 is 2.25 bits per heavy atom. The number of halogens is 2. The van der Waals surface area contributed by atoms with Crippen LogP contribution < -0.4 is 10.6 Å². The number of aliphatic imine (C=N–C) groups is 1. The van der Waals surface area contributed by atoms with Gasteiger partial charge in [0.1, 0.15) is 11.6 Å². The molecule has 1 aromatic carbocycles. The van der Waals surface area contributed by atoms with Gasteiger partial charge in [0, 0.05) is 29.6 Å². The van der Waals surface area contributed by atoms with Gasteiger partial charge in [-0.05, 0) is 32.4 Å². The Labute approximate surface area is 145 Å². The summed E-state index contributed by atoms with van der Waals surface area (Å²) in [7, 11) is 1.69. The van der Waals surface area contributed by atoms with E-state index in [0.29, 0.717) is 29.0 Å². The minimum atomic E-state index is -0.259. The summed E-state index contributed by atoms with van der Waals surface area (Å²) >= 11 is 6.12. The van der Waals surface area contributed by atoms with E-state index in [9.17, 15) is 4.39 Å². The van der Waals surface area contributed by atoms with Crippen molar-refractivity contribution in [3.05, 3.63) is 51.9 Å². The van der Waals surface area contributed by atoms with Gasteiger partial charge in [-0.3, -0.25) is 4.99 Å². The third-order valence-electron chi connectivity index (χ3n) is 4.19. The van der Waals surface area contributed by atoms with Crippen LogP contribution >= 0.6 is 11.6 Å². The van der Waals surface area contributed by atoms with E-state index in [0.717, 1.165) is 17.9 Å². The molecule has 0 spiro atoms. The average Bonchev–Trinajstić information content (AvgIpc) is 3.21. The lowest BCUT2D eigenvalue weighted by atomic mass is 10.1. The molecule has 1 aliphatic rings. The van der Waals surface area contributed by atoms with E-state index in [1.54, 1.807) is 19.2 Å². The van der Waals surface area contributed by atoms with Crippen LogP contribution in [0.4, 0.5) is 4.39 Å². The molecule has 0 saturated heterocycles. The molecular formula is C17H20ClFN4O. The van der Waals surface area contributed by atoms with Crippen LogP contribution in [-0.2, 0) is 6.54 Å². The molecule has 3 rings (SSSR count). The molecule has 0 radical (unpaired) electrons. The Morgan fingerprint density at radius 1 is 1.46 bits per heavy atom. The maximum atomic E-state index is 14.0. The molecule has 128 valence electrons. The highest BCUT2D eigenvalue weighted by Gasteiger charge is 2.41. The number of nitrogens with one attached hydrogen (secondary N) is 2. The summed E-state index contributed by atoms with van der Waals surface area (Å²) in [6.07, 6.45) is 0.818. The third kappa shape index (κ3) is 3.53. The Kier molecular flexibility index (Phi) is 4.76. The normalized spacial score (nSPS) is 20.1. The van der Waals surface area contributed by atoms with Crippen molar-refractivity contribution >= 4 is 17.6 Å². The minimum Gasteiger partial charge on any atom is -0.444 e. The number of benzene rings is 1. The maximum Gasteiger partial charge on any atom is 0.214 e. The molecule has 7 heteroatoms. The first-order chi connectivity index (χ1) is 11.5. The minimum absolute atomic E-state index is 0.0588. The molecule has 5 nitrogen and oxygen atoms in total. The number of aromatic nitrogens is 1. The standard InChI is InChI=1S/C17H20ClFN4O/c1-9-10(2)24-15(22-9)8-21-17(20-3)23-14-7-11(14)16-12(18)5-4-6-13(16)19/h4-6,11,14H,7-8H2,1-3H3,(H2,20,21,23). The number of hydrogen-bond acceptors (Lipinski definition) is 3. The van der Waals surface area contributed by atoms with E-state index in [1.807, 2.05) is 13.8 Å². The number of guanidine groups is 1. The lowest BCUT2D eigenvalue weighted by molar-refractivity contribution is 0.463. The van der Waals surface area contributed by atoms with Gasteiger partial charge in [0.25, 0.3) is 0 Å². The van der Waals surface area contributed by atoms with Gasteiger partial charge >= 0.3 is 0 Å². The highest BCUT2D eigenvalue weighted by atomic mass is 35.5. The van der Waals surface area contributed by atoms with Crippen LogP contribution in [0.1, 0.15) is 35.2 Å². The lowest BCUT2D eigenvalue weighted by Crippen LogP contribution is -2.38. The van der Waals surface area contributed by atoms with Gasteiger partial charge in [-0.1, -0.05) is 17.7 Å². The Hall–Kier alpha value is -2.08. The molecule has 0 aliphatic heterocycles. The highest BCUT2D eigenvalue weighted by molar-refractivity contribution is 6.31. The Bertz CT molecular complexity index is 734. The van der Waals surface area contributed by atoms with E-state index in [4.69, 9.17) is 16.0 Å². The van der Waals surface area contributed by atoms with Gasteiger partial charge in [-0.25, -0.2) is 9.37 Å². The van der Waals surface area contributed by atoms with Gasteiger partial charge < -0.3 is 15.1 Å². The van der Waals surface area contributed by atoms with E-state index in [2.05, 4.69) is 20.6 Å². The molecule has 2 aromatic rings. The molecule has 1 heterocycles. The monoisotopic (exact) mass is 350 g/mol. The topological polar surface area (TPSA) is 62.5 Å². The molecule has 2 unspecified atom stereocenters.